The molecule has 0 bridgehead atoms. The van der Waals surface area contributed by atoms with Crippen molar-refractivity contribution in [3.8, 4) is 0 Å². The predicted octanol–water partition coefficient (Wildman–Crippen LogP) is 2.01. The fourth-order valence-corrected chi connectivity index (χ4v) is 2.91. The lowest BCUT2D eigenvalue weighted by atomic mass is 10.0. The fraction of sp³-hybridized carbons (Fsp3) is 0.643. The van der Waals surface area contributed by atoms with Crippen LogP contribution in [0, 0.1) is 0 Å². The van der Waals surface area contributed by atoms with Gasteiger partial charge in [-0.2, -0.15) is 0 Å². The Morgan fingerprint density at radius 1 is 1.47 bits per heavy atom. The summed E-state index contributed by atoms with van der Waals surface area (Å²) in [4.78, 5) is 11.6. The maximum absolute atomic E-state index is 10.7. The summed E-state index contributed by atoms with van der Waals surface area (Å²) in [6.07, 6.45) is 1.78. The quantitative estimate of drug-likeness (QED) is 0.684. The Hall–Kier alpha value is -0.910. The normalized spacial score (nSPS) is 14.1. The molecule has 0 aliphatic heterocycles. The van der Waals surface area contributed by atoms with Gasteiger partial charge in [0.15, 0.2) is 0 Å². The summed E-state index contributed by atoms with van der Waals surface area (Å²) < 4.78 is 0. The van der Waals surface area contributed by atoms with Crippen molar-refractivity contribution in [2.75, 3.05) is 6.54 Å². The van der Waals surface area contributed by atoms with E-state index in [1.807, 2.05) is 11.4 Å². The molecule has 4 nitrogen and oxygen atoms in total. The number of thiophene rings is 1. The van der Waals surface area contributed by atoms with Gasteiger partial charge in [0.25, 0.3) is 0 Å². The third-order valence-corrected chi connectivity index (χ3v) is 4.06. The van der Waals surface area contributed by atoms with Crippen LogP contribution >= 0.6 is 11.3 Å². The summed E-state index contributed by atoms with van der Waals surface area (Å²) in [6, 6.07) is 2.01. The van der Waals surface area contributed by atoms with Crippen LogP contribution in [-0.2, 0) is 11.2 Å². The van der Waals surface area contributed by atoms with Gasteiger partial charge in [0.1, 0.15) is 6.10 Å². The number of amides is 1. The summed E-state index contributed by atoms with van der Waals surface area (Å²) in [6.45, 7) is 3.94. The number of hydrogen-bond donors (Lipinski definition) is 3. The van der Waals surface area contributed by atoms with E-state index in [4.69, 9.17) is 0 Å². The predicted molar refractivity (Wildman–Crippen MR) is 77.2 cm³/mol. The van der Waals surface area contributed by atoms with Crippen LogP contribution < -0.4 is 5.32 Å². The molecule has 108 valence electrons. The van der Waals surface area contributed by atoms with E-state index in [1.165, 1.54) is 18.3 Å². The Morgan fingerprint density at radius 2 is 2.21 bits per heavy atom. The Morgan fingerprint density at radius 3 is 2.84 bits per heavy atom. The Kier molecular flexibility index (Phi) is 7.05. The number of aliphatic hydroxyl groups excluding tert-OH is 2. The van der Waals surface area contributed by atoms with Crippen molar-refractivity contribution in [1.29, 1.82) is 0 Å². The number of rotatable bonds is 8. The highest BCUT2D eigenvalue weighted by molar-refractivity contribution is 7.10. The topological polar surface area (TPSA) is 69.6 Å². The molecule has 1 aromatic rings. The summed E-state index contributed by atoms with van der Waals surface area (Å²) in [5.74, 6) is -0.124. The minimum atomic E-state index is -0.861. The van der Waals surface area contributed by atoms with Crippen LogP contribution in [0.3, 0.4) is 0 Å². The minimum Gasteiger partial charge on any atom is -0.390 e. The van der Waals surface area contributed by atoms with Crippen molar-refractivity contribution in [3.63, 3.8) is 0 Å². The third-order valence-electron chi connectivity index (χ3n) is 3.03. The fourth-order valence-electron chi connectivity index (χ4n) is 1.91. The largest absolute Gasteiger partial charge is 0.390 e. The molecule has 3 N–H and O–H groups in total. The van der Waals surface area contributed by atoms with Crippen LogP contribution in [0.1, 0.15) is 49.7 Å². The second-order valence-electron chi connectivity index (χ2n) is 4.70. The van der Waals surface area contributed by atoms with E-state index in [1.54, 1.807) is 0 Å². The van der Waals surface area contributed by atoms with Gasteiger partial charge in [0.2, 0.25) is 5.91 Å². The first-order chi connectivity index (χ1) is 9.06. The molecule has 0 aliphatic rings. The summed E-state index contributed by atoms with van der Waals surface area (Å²) in [7, 11) is 0. The highest BCUT2D eigenvalue weighted by Crippen LogP contribution is 2.29. The molecule has 0 fully saturated rings. The molecule has 0 spiro atoms. The van der Waals surface area contributed by atoms with E-state index in [2.05, 4.69) is 12.2 Å². The average Bonchev–Trinajstić information content (AvgIpc) is 2.82. The number of carbonyl (C=O) groups excluding carboxylic acids is 1. The average molecular weight is 285 g/mol. The summed E-state index contributed by atoms with van der Waals surface area (Å²) >= 11 is 1.48. The van der Waals surface area contributed by atoms with Crippen molar-refractivity contribution in [1.82, 2.24) is 5.32 Å². The van der Waals surface area contributed by atoms with E-state index in [9.17, 15) is 15.0 Å². The van der Waals surface area contributed by atoms with Gasteiger partial charge in [-0.05, 0) is 36.3 Å². The van der Waals surface area contributed by atoms with Crippen LogP contribution in [0.4, 0.5) is 0 Å². The maximum atomic E-state index is 10.7. The molecule has 0 saturated heterocycles. The van der Waals surface area contributed by atoms with Gasteiger partial charge in [-0.1, -0.05) is 13.3 Å². The molecule has 19 heavy (non-hydrogen) atoms. The zero-order chi connectivity index (χ0) is 14.3. The van der Waals surface area contributed by atoms with Gasteiger partial charge in [0.05, 0.1) is 6.10 Å². The molecule has 5 heteroatoms. The minimum absolute atomic E-state index is 0.124. The molecule has 0 aliphatic carbocycles. The van der Waals surface area contributed by atoms with Crippen molar-refractivity contribution >= 4 is 17.2 Å². The van der Waals surface area contributed by atoms with Gasteiger partial charge in [-0.15, -0.1) is 11.3 Å². The second kappa shape index (κ2) is 8.30. The molecule has 1 rings (SSSR count). The lowest BCUT2D eigenvalue weighted by Crippen LogP contribution is -2.27. The molecule has 1 amide bonds. The van der Waals surface area contributed by atoms with Gasteiger partial charge in [-0.3, -0.25) is 4.79 Å². The second-order valence-corrected chi connectivity index (χ2v) is 5.65. The first-order valence-electron chi connectivity index (χ1n) is 6.73. The number of carbonyl (C=O) groups is 1. The van der Waals surface area contributed by atoms with Gasteiger partial charge in [-0.25, -0.2) is 0 Å². The number of nitrogens with one attached hydrogen (secondary N) is 1. The molecule has 0 saturated carbocycles. The summed E-state index contributed by atoms with van der Waals surface area (Å²) in [5, 5.41) is 24.7. The van der Waals surface area contributed by atoms with Crippen molar-refractivity contribution in [2.24, 2.45) is 0 Å². The third kappa shape index (κ3) is 5.30. The zero-order valence-corrected chi connectivity index (χ0v) is 12.4. The Bertz CT molecular complexity index is 392. The smallest absolute Gasteiger partial charge is 0.216 e. The van der Waals surface area contributed by atoms with Crippen LogP contribution in [0.25, 0.3) is 0 Å². The number of aliphatic hydroxyl groups is 2. The van der Waals surface area contributed by atoms with Crippen LogP contribution in [0.2, 0.25) is 0 Å². The lowest BCUT2D eigenvalue weighted by molar-refractivity contribution is -0.119. The number of hydrogen-bond acceptors (Lipinski definition) is 4. The van der Waals surface area contributed by atoms with Gasteiger partial charge in [0, 0.05) is 18.3 Å². The standard InChI is InChI=1S/C14H23NO3S/c1-3-4-5-11-7-9-19-14(11)13(18)12(17)6-8-15-10(2)16/h7,9,12-13,17-18H,3-6,8H2,1-2H3,(H,15,16). The van der Waals surface area contributed by atoms with E-state index in [-0.39, 0.29) is 5.91 Å². The van der Waals surface area contributed by atoms with E-state index in [0.717, 1.165) is 29.7 Å². The van der Waals surface area contributed by atoms with Crippen LogP contribution in [-0.4, -0.2) is 28.8 Å². The molecule has 2 unspecified atom stereocenters. The maximum Gasteiger partial charge on any atom is 0.216 e. The molecule has 1 heterocycles. The van der Waals surface area contributed by atoms with E-state index in [0.29, 0.717) is 13.0 Å². The van der Waals surface area contributed by atoms with Gasteiger partial charge < -0.3 is 15.5 Å². The Balaban J connectivity index is 2.53. The van der Waals surface area contributed by atoms with Crippen molar-refractivity contribution in [2.45, 2.75) is 51.7 Å². The first-order valence-corrected chi connectivity index (χ1v) is 7.61. The monoisotopic (exact) mass is 285 g/mol. The number of aryl methyl sites for hydroxylation is 1. The molecule has 2 atom stereocenters. The molecular formula is C14H23NO3S. The molecule has 0 radical (unpaired) electrons. The van der Waals surface area contributed by atoms with Gasteiger partial charge >= 0.3 is 0 Å². The Labute approximate surface area is 118 Å². The van der Waals surface area contributed by atoms with E-state index < -0.39 is 12.2 Å². The van der Waals surface area contributed by atoms with Crippen LogP contribution in [0.5, 0.6) is 0 Å². The molecule has 1 aromatic heterocycles. The highest BCUT2D eigenvalue weighted by Gasteiger charge is 2.21. The van der Waals surface area contributed by atoms with Crippen molar-refractivity contribution < 1.29 is 15.0 Å². The van der Waals surface area contributed by atoms with Crippen LogP contribution in [0.15, 0.2) is 11.4 Å². The van der Waals surface area contributed by atoms with E-state index >= 15 is 0 Å². The highest BCUT2D eigenvalue weighted by atomic mass is 32.1. The summed E-state index contributed by atoms with van der Waals surface area (Å²) in [5.41, 5.74) is 1.12. The SMILES string of the molecule is CCCCc1ccsc1C(O)C(O)CCNC(C)=O. The molecule has 0 aromatic carbocycles. The number of unbranched alkanes of at least 4 members (excludes halogenated alkanes) is 1. The molecular weight excluding hydrogens is 262 g/mol. The zero-order valence-electron chi connectivity index (χ0n) is 11.6. The first kappa shape index (κ1) is 16.1. The van der Waals surface area contributed by atoms with Crippen molar-refractivity contribution in [3.05, 3.63) is 21.9 Å². The lowest BCUT2D eigenvalue weighted by Gasteiger charge is -2.18.